The smallest absolute Gasteiger partial charge is 0.123 e. The van der Waals surface area contributed by atoms with Gasteiger partial charge in [0.1, 0.15) is 5.01 Å². The standard InChI is InChI=1S/C11H9BrClNS/c1-2-8-6-15-11(14-8)7-3-4-10(13)9(12)5-7/h3-6H,2H2,1H3. The Labute approximate surface area is 106 Å². The Balaban J connectivity index is 2.40. The number of rotatable bonds is 2. The minimum atomic E-state index is 0.728. The summed E-state index contributed by atoms with van der Waals surface area (Å²) in [6.45, 7) is 2.11. The highest BCUT2D eigenvalue weighted by Gasteiger charge is 2.05. The van der Waals surface area contributed by atoms with Gasteiger partial charge in [0, 0.05) is 15.4 Å². The van der Waals surface area contributed by atoms with E-state index in [2.05, 4.69) is 33.2 Å². The minimum Gasteiger partial charge on any atom is -0.241 e. The van der Waals surface area contributed by atoms with Crippen molar-refractivity contribution >= 4 is 38.9 Å². The second-order valence-corrected chi connectivity index (χ2v) is 5.25. The van der Waals surface area contributed by atoms with E-state index >= 15 is 0 Å². The molecule has 0 aliphatic carbocycles. The van der Waals surface area contributed by atoms with Crippen LogP contribution >= 0.6 is 38.9 Å². The van der Waals surface area contributed by atoms with Gasteiger partial charge in [0.15, 0.2) is 0 Å². The fraction of sp³-hybridized carbons (Fsp3) is 0.182. The summed E-state index contributed by atoms with van der Waals surface area (Å²) in [6.07, 6.45) is 0.977. The van der Waals surface area contributed by atoms with Crippen LogP contribution in [-0.2, 0) is 6.42 Å². The topological polar surface area (TPSA) is 12.9 Å². The summed E-state index contributed by atoms with van der Waals surface area (Å²) in [5, 5.41) is 3.87. The lowest BCUT2D eigenvalue weighted by molar-refractivity contribution is 1.07. The van der Waals surface area contributed by atoms with Gasteiger partial charge in [0.2, 0.25) is 0 Å². The molecule has 0 saturated heterocycles. The first kappa shape index (κ1) is 11.1. The Morgan fingerprint density at radius 2 is 2.27 bits per heavy atom. The van der Waals surface area contributed by atoms with Crippen LogP contribution in [0.15, 0.2) is 28.1 Å². The highest BCUT2D eigenvalue weighted by atomic mass is 79.9. The number of nitrogens with zero attached hydrogens (tertiary/aromatic N) is 1. The molecule has 1 aromatic carbocycles. The fourth-order valence-electron chi connectivity index (χ4n) is 1.23. The van der Waals surface area contributed by atoms with Crippen molar-refractivity contribution in [1.29, 1.82) is 0 Å². The summed E-state index contributed by atoms with van der Waals surface area (Å²) in [5.41, 5.74) is 2.25. The molecule has 0 bridgehead atoms. The van der Waals surface area contributed by atoms with Crippen molar-refractivity contribution in [3.05, 3.63) is 38.8 Å². The molecule has 78 valence electrons. The zero-order valence-electron chi connectivity index (χ0n) is 8.13. The van der Waals surface area contributed by atoms with E-state index in [1.165, 1.54) is 0 Å². The largest absolute Gasteiger partial charge is 0.241 e. The zero-order valence-corrected chi connectivity index (χ0v) is 11.3. The molecule has 0 atom stereocenters. The van der Waals surface area contributed by atoms with Crippen molar-refractivity contribution < 1.29 is 0 Å². The lowest BCUT2D eigenvalue weighted by Gasteiger charge is -1.99. The first-order valence-corrected chi connectivity index (χ1v) is 6.65. The van der Waals surface area contributed by atoms with Gasteiger partial charge in [-0.2, -0.15) is 0 Å². The van der Waals surface area contributed by atoms with Gasteiger partial charge in [-0.25, -0.2) is 4.98 Å². The third-order valence-corrected chi connectivity index (χ3v) is 4.23. The number of halogens is 2. The van der Waals surface area contributed by atoms with Crippen molar-refractivity contribution in [2.75, 3.05) is 0 Å². The summed E-state index contributed by atoms with van der Waals surface area (Å²) in [5.74, 6) is 0. The van der Waals surface area contributed by atoms with Crippen LogP contribution in [0.25, 0.3) is 10.6 Å². The van der Waals surface area contributed by atoms with Crippen LogP contribution in [0.1, 0.15) is 12.6 Å². The maximum Gasteiger partial charge on any atom is 0.123 e. The number of aromatic nitrogens is 1. The maximum absolute atomic E-state index is 5.94. The van der Waals surface area contributed by atoms with Crippen molar-refractivity contribution in [1.82, 2.24) is 4.98 Å². The monoisotopic (exact) mass is 301 g/mol. The van der Waals surface area contributed by atoms with E-state index in [9.17, 15) is 0 Å². The van der Waals surface area contributed by atoms with Crippen molar-refractivity contribution in [3.63, 3.8) is 0 Å². The summed E-state index contributed by atoms with van der Waals surface area (Å²) in [6, 6.07) is 5.87. The lowest BCUT2D eigenvalue weighted by Crippen LogP contribution is -1.81. The molecule has 1 nitrogen and oxygen atoms in total. The van der Waals surface area contributed by atoms with Crippen LogP contribution in [0, 0.1) is 0 Å². The molecule has 0 N–H and O–H groups in total. The third kappa shape index (κ3) is 2.41. The van der Waals surface area contributed by atoms with Crippen LogP contribution in [0.3, 0.4) is 0 Å². The van der Waals surface area contributed by atoms with Crippen LogP contribution < -0.4 is 0 Å². The first-order chi connectivity index (χ1) is 7.20. The Morgan fingerprint density at radius 3 is 2.87 bits per heavy atom. The molecule has 2 rings (SSSR count). The lowest BCUT2D eigenvalue weighted by atomic mass is 10.2. The Kier molecular flexibility index (Phi) is 3.44. The van der Waals surface area contributed by atoms with Gasteiger partial charge in [-0.3, -0.25) is 0 Å². The Hall–Kier alpha value is -0.380. The SMILES string of the molecule is CCc1csc(-c2ccc(Cl)c(Br)c2)n1. The summed E-state index contributed by atoms with van der Waals surface area (Å²) in [7, 11) is 0. The van der Waals surface area contributed by atoms with Crippen LogP contribution in [-0.4, -0.2) is 4.98 Å². The normalized spacial score (nSPS) is 10.6. The van der Waals surface area contributed by atoms with Crippen LogP contribution in [0.4, 0.5) is 0 Å². The van der Waals surface area contributed by atoms with E-state index in [0.717, 1.165) is 32.2 Å². The third-order valence-electron chi connectivity index (χ3n) is 2.08. The number of hydrogen-bond donors (Lipinski definition) is 0. The fourth-order valence-corrected chi connectivity index (χ4v) is 2.63. The minimum absolute atomic E-state index is 0.728. The highest BCUT2D eigenvalue weighted by Crippen LogP contribution is 2.30. The van der Waals surface area contributed by atoms with Crippen molar-refractivity contribution in [2.45, 2.75) is 13.3 Å². The van der Waals surface area contributed by atoms with Gasteiger partial charge in [-0.05, 0) is 34.5 Å². The molecule has 0 radical (unpaired) electrons. The predicted molar refractivity (Wildman–Crippen MR) is 69.6 cm³/mol. The van der Waals surface area contributed by atoms with E-state index in [1.54, 1.807) is 11.3 Å². The summed E-state index contributed by atoms with van der Waals surface area (Å²) in [4.78, 5) is 4.52. The number of hydrogen-bond acceptors (Lipinski definition) is 2. The van der Waals surface area contributed by atoms with Gasteiger partial charge < -0.3 is 0 Å². The maximum atomic E-state index is 5.94. The quantitative estimate of drug-likeness (QED) is 0.777. The molecule has 15 heavy (non-hydrogen) atoms. The summed E-state index contributed by atoms with van der Waals surface area (Å²) < 4.78 is 0.912. The molecule has 0 aliphatic heterocycles. The Bertz CT molecular complexity index is 481. The molecular weight excluding hydrogens is 294 g/mol. The molecule has 1 aromatic heterocycles. The van der Waals surface area contributed by atoms with Crippen LogP contribution in [0.5, 0.6) is 0 Å². The average molecular weight is 303 g/mol. The Morgan fingerprint density at radius 1 is 1.47 bits per heavy atom. The molecule has 2 aromatic rings. The number of aryl methyl sites for hydroxylation is 1. The first-order valence-electron chi connectivity index (χ1n) is 4.60. The zero-order chi connectivity index (χ0) is 10.8. The molecule has 0 unspecified atom stereocenters. The molecule has 4 heteroatoms. The average Bonchev–Trinajstić information content (AvgIpc) is 2.70. The summed E-state index contributed by atoms with van der Waals surface area (Å²) >= 11 is 11.0. The van der Waals surface area contributed by atoms with Crippen LogP contribution in [0.2, 0.25) is 5.02 Å². The molecular formula is C11H9BrClNS. The second kappa shape index (κ2) is 4.64. The van der Waals surface area contributed by atoms with E-state index in [4.69, 9.17) is 11.6 Å². The van der Waals surface area contributed by atoms with E-state index < -0.39 is 0 Å². The van der Waals surface area contributed by atoms with Gasteiger partial charge in [-0.1, -0.05) is 24.6 Å². The second-order valence-electron chi connectivity index (χ2n) is 3.13. The van der Waals surface area contributed by atoms with Gasteiger partial charge in [-0.15, -0.1) is 11.3 Å². The van der Waals surface area contributed by atoms with Gasteiger partial charge in [0.05, 0.1) is 10.7 Å². The highest BCUT2D eigenvalue weighted by molar-refractivity contribution is 9.10. The molecule has 0 amide bonds. The number of thiazole rings is 1. The van der Waals surface area contributed by atoms with Crippen molar-refractivity contribution in [3.8, 4) is 10.6 Å². The van der Waals surface area contributed by atoms with E-state index in [1.807, 2.05) is 18.2 Å². The number of benzene rings is 1. The molecule has 1 heterocycles. The predicted octanol–water partition coefficient (Wildman–Crippen LogP) is 4.79. The van der Waals surface area contributed by atoms with E-state index in [-0.39, 0.29) is 0 Å². The molecule has 0 fully saturated rings. The van der Waals surface area contributed by atoms with Crippen molar-refractivity contribution in [2.24, 2.45) is 0 Å². The van der Waals surface area contributed by atoms with E-state index in [0.29, 0.717) is 0 Å². The molecule has 0 aliphatic rings. The van der Waals surface area contributed by atoms with Gasteiger partial charge in [0.25, 0.3) is 0 Å². The molecule has 0 spiro atoms. The molecule has 0 saturated carbocycles. The van der Waals surface area contributed by atoms with Gasteiger partial charge >= 0.3 is 0 Å².